The van der Waals surface area contributed by atoms with E-state index in [4.69, 9.17) is 4.74 Å². The Morgan fingerprint density at radius 1 is 1.53 bits per heavy atom. The van der Waals surface area contributed by atoms with Crippen molar-refractivity contribution in [3.8, 4) is 0 Å². The summed E-state index contributed by atoms with van der Waals surface area (Å²) in [4.78, 5) is 16.4. The van der Waals surface area contributed by atoms with Crippen LogP contribution >= 0.6 is 0 Å². The van der Waals surface area contributed by atoms with Crippen LogP contribution in [0.2, 0.25) is 0 Å². The monoisotopic (exact) mass is 258 g/mol. The number of benzene rings is 1. The van der Waals surface area contributed by atoms with Gasteiger partial charge in [0.1, 0.15) is 5.82 Å². The molecule has 0 amide bonds. The number of aromatic nitrogens is 2. The highest BCUT2D eigenvalue weighted by Gasteiger charge is 2.19. The lowest BCUT2D eigenvalue weighted by atomic mass is 10.0. The largest absolute Gasteiger partial charge is 0.462 e. The number of nitrogens with zero attached hydrogens (tertiary/aromatic N) is 2. The molecule has 0 bridgehead atoms. The van der Waals surface area contributed by atoms with Crippen molar-refractivity contribution in [1.82, 2.24) is 9.55 Å². The lowest BCUT2D eigenvalue weighted by Gasteiger charge is -2.19. The molecule has 0 saturated heterocycles. The number of hydrogen-bond acceptors (Lipinski definition) is 3. The molecule has 1 atom stereocenters. The van der Waals surface area contributed by atoms with E-state index < -0.39 is 0 Å². The molecule has 1 aromatic carbocycles. The molecule has 1 aliphatic rings. The standard InChI is InChI=1S/C15H18N2O2/c1-3-19-15(18)11-4-5-13-12(9-11)16-14-8-10(2)6-7-17(13)14/h4-5,9-10H,3,6-8H2,1-2H3/t10-/m1/s1. The summed E-state index contributed by atoms with van der Waals surface area (Å²) in [5.41, 5.74) is 2.60. The van der Waals surface area contributed by atoms with Gasteiger partial charge in [-0.25, -0.2) is 9.78 Å². The van der Waals surface area contributed by atoms with Gasteiger partial charge in [0.05, 0.1) is 23.2 Å². The topological polar surface area (TPSA) is 44.1 Å². The Balaban J connectivity index is 2.03. The van der Waals surface area contributed by atoms with E-state index in [1.54, 1.807) is 0 Å². The van der Waals surface area contributed by atoms with E-state index in [1.807, 2.05) is 25.1 Å². The molecule has 0 spiro atoms. The molecule has 0 fully saturated rings. The van der Waals surface area contributed by atoms with Crippen LogP contribution in [0.1, 0.15) is 36.5 Å². The molecule has 4 nitrogen and oxygen atoms in total. The second-order valence-electron chi connectivity index (χ2n) is 5.20. The first-order chi connectivity index (χ1) is 9.19. The van der Waals surface area contributed by atoms with Crippen molar-refractivity contribution in [2.75, 3.05) is 6.61 Å². The molecule has 2 aromatic rings. The molecule has 4 heteroatoms. The molecule has 2 heterocycles. The van der Waals surface area contributed by atoms with E-state index in [-0.39, 0.29) is 5.97 Å². The number of carbonyl (C=O) groups excluding carboxylic acids is 1. The molecule has 100 valence electrons. The smallest absolute Gasteiger partial charge is 0.338 e. The Morgan fingerprint density at radius 3 is 3.16 bits per heavy atom. The van der Waals surface area contributed by atoms with E-state index in [0.29, 0.717) is 18.1 Å². The second-order valence-corrected chi connectivity index (χ2v) is 5.20. The second kappa shape index (κ2) is 4.68. The van der Waals surface area contributed by atoms with Crippen LogP contribution in [0.15, 0.2) is 18.2 Å². The lowest BCUT2D eigenvalue weighted by Crippen LogP contribution is -2.17. The highest BCUT2D eigenvalue weighted by Crippen LogP contribution is 2.25. The molecule has 19 heavy (non-hydrogen) atoms. The molecule has 3 rings (SSSR count). The molecule has 0 saturated carbocycles. The van der Waals surface area contributed by atoms with Crippen molar-refractivity contribution in [2.45, 2.75) is 33.2 Å². The SMILES string of the molecule is CCOC(=O)c1ccc2c(c1)nc1n2CC[C@@H](C)C1. The third-order valence-corrected chi connectivity index (χ3v) is 3.71. The van der Waals surface area contributed by atoms with Gasteiger partial charge < -0.3 is 9.30 Å². The molecule has 0 N–H and O–H groups in total. The number of esters is 1. The van der Waals surface area contributed by atoms with Crippen molar-refractivity contribution < 1.29 is 9.53 Å². The van der Waals surface area contributed by atoms with Crippen LogP contribution in [-0.4, -0.2) is 22.1 Å². The first-order valence-corrected chi connectivity index (χ1v) is 6.85. The zero-order chi connectivity index (χ0) is 13.4. The normalized spacial score (nSPS) is 18.3. The zero-order valence-electron chi connectivity index (χ0n) is 11.3. The number of ether oxygens (including phenoxy) is 1. The van der Waals surface area contributed by atoms with Crippen molar-refractivity contribution in [3.63, 3.8) is 0 Å². The highest BCUT2D eigenvalue weighted by atomic mass is 16.5. The van der Waals surface area contributed by atoms with Gasteiger partial charge in [-0.2, -0.15) is 0 Å². The van der Waals surface area contributed by atoms with Gasteiger partial charge >= 0.3 is 5.97 Å². The third-order valence-electron chi connectivity index (χ3n) is 3.71. The summed E-state index contributed by atoms with van der Waals surface area (Å²) in [6, 6.07) is 5.64. The summed E-state index contributed by atoms with van der Waals surface area (Å²) in [5.74, 6) is 1.55. The van der Waals surface area contributed by atoms with Crippen molar-refractivity contribution in [3.05, 3.63) is 29.6 Å². The summed E-state index contributed by atoms with van der Waals surface area (Å²) in [6.45, 7) is 5.49. The molecular formula is C15H18N2O2. The van der Waals surface area contributed by atoms with Crippen LogP contribution in [0.25, 0.3) is 11.0 Å². The molecule has 0 aliphatic carbocycles. The summed E-state index contributed by atoms with van der Waals surface area (Å²) in [6.07, 6.45) is 2.21. The Hall–Kier alpha value is -1.84. The quantitative estimate of drug-likeness (QED) is 0.778. The molecular weight excluding hydrogens is 240 g/mol. The first-order valence-electron chi connectivity index (χ1n) is 6.85. The summed E-state index contributed by atoms with van der Waals surface area (Å²) >= 11 is 0. The van der Waals surface area contributed by atoms with Gasteiger partial charge in [0.2, 0.25) is 0 Å². The van der Waals surface area contributed by atoms with E-state index >= 15 is 0 Å². The van der Waals surface area contributed by atoms with Gasteiger partial charge in [-0.15, -0.1) is 0 Å². The maximum Gasteiger partial charge on any atom is 0.338 e. The predicted octanol–water partition coefficient (Wildman–Crippen LogP) is 2.80. The minimum absolute atomic E-state index is 0.274. The third kappa shape index (κ3) is 2.11. The van der Waals surface area contributed by atoms with Crippen LogP contribution < -0.4 is 0 Å². The number of imidazole rings is 1. The van der Waals surface area contributed by atoms with Crippen LogP contribution in [0.4, 0.5) is 0 Å². The van der Waals surface area contributed by atoms with Crippen LogP contribution in [-0.2, 0) is 17.7 Å². The van der Waals surface area contributed by atoms with Crippen molar-refractivity contribution >= 4 is 17.0 Å². The Kier molecular flexibility index (Phi) is 3.01. The van der Waals surface area contributed by atoms with Gasteiger partial charge in [0.25, 0.3) is 0 Å². The summed E-state index contributed by atoms with van der Waals surface area (Å²) < 4.78 is 7.29. The fourth-order valence-electron chi connectivity index (χ4n) is 2.69. The van der Waals surface area contributed by atoms with Gasteiger partial charge in [-0.1, -0.05) is 6.92 Å². The molecule has 1 aliphatic heterocycles. The van der Waals surface area contributed by atoms with Crippen molar-refractivity contribution in [2.24, 2.45) is 5.92 Å². The van der Waals surface area contributed by atoms with Crippen molar-refractivity contribution in [1.29, 1.82) is 0 Å². The van der Waals surface area contributed by atoms with Crippen LogP contribution in [0.3, 0.4) is 0 Å². The summed E-state index contributed by atoms with van der Waals surface area (Å²) in [7, 11) is 0. The van der Waals surface area contributed by atoms with Crippen LogP contribution in [0, 0.1) is 5.92 Å². The maximum absolute atomic E-state index is 11.7. The predicted molar refractivity (Wildman–Crippen MR) is 73.2 cm³/mol. The van der Waals surface area contributed by atoms with Gasteiger partial charge in [-0.3, -0.25) is 0 Å². The average Bonchev–Trinajstić information content (AvgIpc) is 2.75. The molecule has 0 radical (unpaired) electrons. The lowest BCUT2D eigenvalue weighted by molar-refractivity contribution is 0.0526. The van der Waals surface area contributed by atoms with E-state index in [9.17, 15) is 4.79 Å². The molecule has 1 aromatic heterocycles. The minimum atomic E-state index is -0.274. The van der Waals surface area contributed by atoms with E-state index in [2.05, 4.69) is 16.5 Å². The average molecular weight is 258 g/mol. The van der Waals surface area contributed by atoms with E-state index in [0.717, 1.165) is 29.8 Å². The number of rotatable bonds is 2. The maximum atomic E-state index is 11.7. The number of aryl methyl sites for hydroxylation is 1. The van der Waals surface area contributed by atoms with Crippen LogP contribution in [0.5, 0.6) is 0 Å². The number of carbonyl (C=O) groups is 1. The number of hydrogen-bond donors (Lipinski definition) is 0. The van der Waals surface area contributed by atoms with Gasteiger partial charge in [-0.05, 0) is 37.5 Å². The Labute approximate surface area is 112 Å². The zero-order valence-corrected chi connectivity index (χ0v) is 11.3. The molecule has 0 unspecified atom stereocenters. The Bertz CT molecular complexity index is 630. The van der Waals surface area contributed by atoms with Gasteiger partial charge in [0, 0.05) is 13.0 Å². The van der Waals surface area contributed by atoms with E-state index in [1.165, 1.54) is 6.42 Å². The highest BCUT2D eigenvalue weighted by molar-refractivity contribution is 5.93. The number of fused-ring (bicyclic) bond motifs is 3. The Morgan fingerprint density at radius 2 is 2.37 bits per heavy atom. The first kappa shape index (κ1) is 12.2. The fraction of sp³-hybridized carbons (Fsp3) is 0.467. The van der Waals surface area contributed by atoms with Gasteiger partial charge in [0.15, 0.2) is 0 Å². The fourth-order valence-corrected chi connectivity index (χ4v) is 2.69. The minimum Gasteiger partial charge on any atom is -0.462 e. The summed E-state index contributed by atoms with van der Waals surface area (Å²) in [5, 5.41) is 0.